The molecule has 4 aromatic rings. The number of hydrazone groups is 1. The molecule has 1 aliphatic rings. The lowest BCUT2D eigenvalue weighted by Crippen LogP contribution is -2.25. The summed E-state index contributed by atoms with van der Waals surface area (Å²) in [5, 5.41) is 6.22. The Morgan fingerprint density at radius 1 is 0.738 bits per heavy atom. The number of carbonyl (C=O) groups excluding carboxylic acids is 2. The quantitative estimate of drug-likeness (QED) is 0.130. The molecule has 7 nitrogen and oxygen atoms in total. The topological polar surface area (TPSA) is 77.4 Å². The second kappa shape index (κ2) is 13.3. The van der Waals surface area contributed by atoms with Crippen LogP contribution in [-0.4, -0.2) is 36.8 Å². The average Bonchev–Trinajstić information content (AvgIpc) is 3.49. The first-order valence-electron chi connectivity index (χ1n) is 13.5. The number of carbonyl (C=O) groups is 2. The second-order valence-electron chi connectivity index (χ2n) is 9.47. The number of amides is 1. The van der Waals surface area contributed by atoms with Gasteiger partial charge in [0.2, 0.25) is 0 Å². The summed E-state index contributed by atoms with van der Waals surface area (Å²) < 4.78 is 16.7. The molecule has 1 aliphatic heterocycles. The van der Waals surface area contributed by atoms with E-state index in [4.69, 9.17) is 19.3 Å². The number of esters is 1. The van der Waals surface area contributed by atoms with Crippen LogP contribution in [0.5, 0.6) is 17.2 Å². The summed E-state index contributed by atoms with van der Waals surface area (Å²) in [5.41, 5.74) is 3.86. The van der Waals surface area contributed by atoms with Gasteiger partial charge in [-0.15, -0.1) is 0 Å². The molecule has 4 aromatic carbocycles. The predicted molar refractivity (Wildman–Crippen MR) is 163 cm³/mol. The van der Waals surface area contributed by atoms with E-state index in [9.17, 15) is 9.59 Å². The minimum absolute atomic E-state index is 0.283. The van der Waals surface area contributed by atoms with Crippen LogP contribution >= 0.6 is 0 Å². The molecule has 0 bridgehead atoms. The van der Waals surface area contributed by atoms with Crippen molar-refractivity contribution < 1.29 is 23.8 Å². The summed E-state index contributed by atoms with van der Waals surface area (Å²) in [5.74, 6) is 0.700. The van der Waals surface area contributed by atoms with Gasteiger partial charge in [0.25, 0.3) is 5.91 Å². The summed E-state index contributed by atoms with van der Waals surface area (Å²) in [4.78, 5) is 26.2. The molecular formula is C35H30N2O5. The number of hydrogen-bond acceptors (Lipinski definition) is 6. The van der Waals surface area contributed by atoms with Gasteiger partial charge in [-0.2, -0.15) is 5.10 Å². The van der Waals surface area contributed by atoms with Gasteiger partial charge in [0, 0.05) is 24.1 Å². The number of benzene rings is 4. The molecule has 0 N–H and O–H groups in total. The molecule has 210 valence electrons. The molecule has 0 radical (unpaired) electrons. The zero-order chi connectivity index (χ0) is 29.3. The maximum atomic E-state index is 13.5. The molecule has 0 saturated heterocycles. The third-order valence-corrected chi connectivity index (χ3v) is 6.77. The van der Waals surface area contributed by atoms with Gasteiger partial charge < -0.3 is 14.2 Å². The number of rotatable bonds is 9. The number of para-hydroxylation sites is 1. The molecule has 1 atom stereocenters. The van der Waals surface area contributed by atoms with Crippen LogP contribution in [0.1, 0.15) is 34.7 Å². The van der Waals surface area contributed by atoms with Gasteiger partial charge >= 0.3 is 5.97 Å². The van der Waals surface area contributed by atoms with Crippen LogP contribution in [0.2, 0.25) is 0 Å². The van der Waals surface area contributed by atoms with E-state index in [2.05, 4.69) is 0 Å². The molecule has 1 unspecified atom stereocenters. The maximum absolute atomic E-state index is 13.5. The molecule has 0 saturated carbocycles. The van der Waals surface area contributed by atoms with E-state index in [1.54, 1.807) is 38.5 Å². The highest BCUT2D eigenvalue weighted by molar-refractivity contribution is 6.07. The highest BCUT2D eigenvalue weighted by Crippen LogP contribution is 2.38. The first-order chi connectivity index (χ1) is 20.6. The van der Waals surface area contributed by atoms with Crippen molar-refractivity contribution in [1.29, 1.82) is 0 Å². The molecule has 1 heterocycles. The number of methoxy groups -OCH3 is 2. The molecule has 0 aliphatic carbocycles. The van der Waals surface area contributed by atoms with Crippen LogP contribution < -0.4 is 14.2 Å². The zero-order valence-corrected chi connectivity index (χ0v) is 23.3. The molecule has 0 spiro atoms. The lowest BCUT2D eigenvalue weighted by Gasteiger charge is -2.21. The van der Waals surface area contributed by atoms with Gasteiger partial charge in [0.1, 0.15) is 5.75 Å². The summed E-state index contributed by atoms with van der Waals surface area (Å²) in [6.07, 6.45) is 6.75. The van der Waals surface area contributed by atoms with Crippen LogP contribution in [-0.2, 0) is 9.59 Å². The summed E-state index contributed by atoms with van der Waals surface area (Å²) in [6, 6.07) is 31.4. The highest BCUT2D eigenvalue weighted by Gasteiger charge is 2.34. The van der Waals surface area contributed by atoms with Crippen molar-refractivity contribution >= 4 is 29.7 Å². The minimum Gasteiger partial charge on any atom is -0.493 e. The molecule has 1 amide bonds. The minimum atomic E-state index is -0.514. The van der Waals surface area contributed by atoms with E-state index in [0.717, 1.165) is 16.7 Å². The summed E-state index contributed by atoms with van der Waals surface area (Å²) in [6.45, 7) is 0. The van der Waals surface area contributed by atoms with Gasteiger partial charge in [0.05, 0.1) is 26.0 Å². The Hall–Kier alpha value is -5.43. The second-order valence-corrected chi connectivity index (χ2v) is 9.47. The predicted octanol–water partition coefficient (Wildman–Crippen LogP) is 6.71. The molecule has 7 heteroatoms. The van der Waals surface area contributed by atoms with E-state index >= 15 is 0 Å². The Balaban J connectivity index is 1.45. The average molecular weight is 559 g/mol. The van der Waals surface area contributed by atoms with Gasteiger partial charge in [-0.05, 0) is 53.1 Å². The van der Waals surface area contributed by atoms with E-state index in [-0.39, 0.29) is 5.91 Å². The molecule has 42 heavy (non-hydrogen) atoms. The smallest absolute Gasteiger partial charge is 0.336 e. The van der Waals surface area contributed by atoms with Crippen molar-refractivity contribution in [2.45, 2.75) is 12.5 Å². The Labute approximate surface area is 245 Å². The maximum Gasteiger partial charge on any atom is 0.336 e. The summed E-state index contributed by atoms with van der Waals surface area (Å²) >= 11 is 0. The van der Waals surface area contributed by atoms with Gasteiger partial charge in [-0.1, -0.05) is 78.9 Å². The molecule has 0 fully saturated rings. The van der Waals surface area contributed by atoms with Crippen molar-refractivity contribution in [3.8, 4) is 17.2 Å². The standard InChI is InChI=1S/C35H30N2O5/c1-40-32-20-19-27(23-33(32)41-2)30-24-29(36-37(30)34(38)21-17-25-11-5-3-6-12-25)28-15-9-10-16-31(28)42-35(39)22-18-26-13-7-4-8-14-26/h3-23,30H,24H2,1-2H3/b21-17+,22-18+. The Morgan fingerprint density at radius 2 is 1.36 bits per heavy atom. The SMILES string of the molecule is COc1ccc(C2CC(c3ccccc3OC(=O)/C=C/c3ccccc3)=NN2C(=O)/C=C/c2ccccc2)cc1OC. The van der Waals surface area contributed by atoms with Gasteiger partial charge in [-0.25, -0.2) is 9.80 Å². The number of nitrogens with zero attached hydrogens (tertiary/aromatic N) is 2. The van der Waals surface area contributed by atoms with Crippen LogP contribution in [0.4, 0.5) is 0 Å². The molecular weight excluding hydrogens is 528 g/mol. The fourth-order valence-corrected chi connectivity index (χ4v) is 4.67. The third kappa shape index (κ3) is 6.64. The summed E-state index contributed by atoms with van der Waals surface area (Å²) in [7, 11) is 3.15. The third-order valence-electron chi connectivity index (χ3n) is 6.77. The largest absolute Gasteiger partial charge is 0.493 e. The normalized spacial score (nSPS) is 14.7. The zero-order valence-electron chi connectivity index (χ0n) is 23.3. The fourth-order valence-electron chi connectivity index (χ4n) is 4.67. The highest BCUT2D eigenvalue weighted by atomic mass is 16.5. The van der Waals surface area contributed by atoms with E-state index < -0.39 is 12.0 Å². The number of ether oxygens (including phenoxy) is 3. The van der Waals surface area contributed by atoms with Crippen LogP contribution in [0.15, 0.2) is 120 Å². The lowest BCUT2D eigenvalue weighted by molar-refractivity contribution is -0.129. The van der Waals surface area contributed by atoms with Crippen molar-refractivity contribution in [2.75, 3.05) is 14.2 Å². The first kappa shape index (κ1) is 28.1. The van der Waals surface area contributed by atoms with E-state index in [1.807, 2.05) is 91.0 Å². The Kier molecular flexibility index (Phi) is 8.89. The van der Waals surface area contributed by atoms with Crippen LogP contribution in [0.3, 0.4) is 0 Å². The first-order valence-corrected chi connectivity index (χ1v) is 13.5. The van der Waals surface area contributed by atoms with Crippen molar-refractivity contribution in [3.05, 3.63) is 138 Å². The lowest BCUT2D eigenvalue weighted by atomic mass is 9.97. The van der Waals surface area contributed by atoms with E-state index in [1.165, 1.54) is 17.2 Å². The van der Waals surface area contributed by atoms with Crippen LogP contribution in [0, 0.1) is 0 Å². The van der Waals surface area contributed by atoms with Crippen molar-refractivity contribution in [3.63, 3.8) is 0 Å². The monoisotopic (exact) mass is 558 g/mol. The molecule has 5 rings (SSSR count). The Bertz CT molecular complexity index is 1640. The number of hydrogen-bond donors (Lipinski definition) is 0. The van der Waals surface area contributed by atoms with Crippen molar-refractivity contribution in [1.82, 2.24) is 5.01 Å². The van der Waals surface area contributed by atoms with Crippen LogP contribution in [0.25, 0.3) is 12.2 Å². The fraction of sp³-hybridized carbons (Fsp3) is 0.114. The van der Waals surface area contributed by atoms with Gasteiger partial charge in [0.15, 0.2) is 11.5 Å². The van der Waals surface area contributed by atoms with Gasteiger partial charge in [-0.3, -0.25) is 4.79 Å². The van der Waals surface area contributed by atoms with E-state index in [0.29, 0.717) is 34.9 Å². The van der Waals surface area contributed by atoms with Crippen molar-refractivity contribution in [2.24, 2.45) is 5.10 Å². The molecule has 0 aromatic heterocycles. The Morgan fingerprint density at radius 3 is 2.02 bits per heavy atom.